The van der Waals surface area contributed by atoms with E-state index in [2.05, 4.69) is 10.6 Å². The molecule has 0 unspecified atom stereocenters. The van der Waals surface area contributed by atoms with E-state index in [1.807, 2.05) is 42.5 Å². The summed E-state index contributed by atoms with van der Waals surface area (Å²) in [4.78, 5) is 27.1. The van der Waals surface area contributed by atoms with Crippen molar-refractivity contribution in [2.24, 2.45) is 0 Å². The molecule has 7 heteroatoms. The maximum Gasteiger partial charge on any atom is 0.262 e. The highest BCUT2D eigenvalue weighted by Crippen LogP contribution is 2.38. The second-order valence-electron chi connectivity index (χ2n) is 8.57. The van der Waals surface area contributed by atoms with Crippen molar-refractivity contribution in [2.45, 2.75) is 44.6 Å². The third kappa shape index (κ3) is 4.89. The van der Waals surface area contributed by atoms with Crippen LogP contribution in [0.5, 0.6) is 5.75 Å². The van der Waals surface area contributed by atoms with E-state index >= 15 is 0 Å². The number of carbonyl (C=O) groups is 2. The first-order chi connectivity index (χ1) is 16.2. The average molecular weight is 465 g/mol. The summed E-state index contributed by atoms with van der Waals surface area (Å²) >= 11 is 1.52. The van der Waals surface area contributed by atoms with Crippen LogP contribution in [0.2, 0.25) is 0 Å². The molecule has 33 heavy (non-hydrogen) atoms. The molecule has 0 radical (unpaired) electrons. The van der Waals surface area contributed by atoms with Crippen molar-refractivity contribution in [2.75, 3.05) is 25.1 Å². The van der Waals surface area contributed by atoms with Crippen molar-refractivity contribution in [1.29, 1.82) is 0 Å². The Bertz CT molecular complexity index is 1160. The van der Waals surface area contributed by atoms with Gasteiger partial charge < -0.3 is 20.1 Å². The minimum atomic E-state index is -0.269. The fourth-order valence-corrected chi connectivity index (χ4v) is 5.92. The van der Waals surface area contributed by atoms with Gasteiger partial charge in [-0.25, -0.2) is 0 Å². The molecule has 0 spiro atoms. The number of hydrogen-bond acceptors (Lipinski definition) is 5. The monoisotopic (exact) mass is 464 g/mol. The number of aryl methyl sites for hydroxylation is 1. The number of carbonyl (C=O) groups excluding carboxylic acids is 2. The van der Waals surface area contributed by atoms with Crippen LogP contribution in [-0.4, -0.2) is 37.7 Å². The molecular formula is C26H28N2O4S. The van der Waals surface area contributed by atoms with Crippen molar-refractivity contribution in [3.05, 3.63) is 58.5 Å². The lowest BCUT2D eigenvalue weighted by atomic mass is 9.95. The van der Waals surface area contributed by atoms with Gasteiger partial charge in [0.25, 0.3) is 11.8 Å². The fourth-order valence-electron chi connectivity index (χ4n) is 4.62. The largest absolute Gasteiger partial charge is 0.483 e. The summed E-state index contributed by atoms with van der Waals surface area (Å²) in [5.74, 6) is 0.271. The molecule has 1 aromatic heterocycles. The molecule has 3 aromatic rings. The van der Waals surface area contributed by atoms with E-state index in [4.69, 9.17) is 9.47 Å². The number of benzene rings is 2. The van der Waals surface area contributed by atoms with Gasteiger partial charge in [0.2, 0.25) is 0 Å². The summed E-state index contributed by atoms with van der Waals surface area (Å²) in [6.45, 7) is 1.14. The summed E-state index contributed by atoms with van der Waals surface area (Å²) in [7, 11) is 0. The summed E-state index contributed by atoms with van der Waals surface area (Å²) in [6.07, 6.45) is 6.08. The number of ether oxygens (including phenoxy) is 2. The van der Waals surface area contributed by atoms with Gasteiger partial charge in [-0.3, -0.25) is 9.59 Å². The molecule has 172 valence electrons. The topological polar surface area (TPSA) is 76.7 Å². The molecule has 1 fully saturated rings. The molecule has 1 aliphatic carbocycles. The molecule has 2 heterocycles. The first-order valence-electron chi connectivity index (χ1n) is 11.6. The van der Waals surface area contributed by atoms with Crippen LogP contribution in [0.25, 0.3) is 10.8 Å². The van der Waals surface area contributed by atoms with Crippen LogP contribution in [-0.2, 0) is 22.4 Å². The van der Waals surface area contributed by atoms with Gasteiger partial charge in [0.15, 0.2) is 6.61 Å². The highest BCUT2D eigenvalue weighted by Gasteiger charge is 2.27. The second-order valence-corrected chi connectivity index (χ2v) is 9.68. The van der Waals surface area contributed by atoms with Crippen LogP contribution in [0.3, 0.4) is 0 Å². The van der Waals surface area contributed by atoms with Gasteiger partial charge in [0.1, 0.15) is 10.8 Å². The third-order valence-electron chi connectivity index (χ3n) is 6.27. The van der Waals surface area contributed by atoms with Crippen molar-refractivity contribution in [1.82, 2.24) is 5.32 Å². The van der Waals surface area contributed by atoms with E-state index in [9.17, 15) is 9.59 Å². The van der Waals surface area contributed by atoms with E-state index in [0.29, 0.717) is 22.9 Å². The Balaban J connectivity index is 1.29. The molecule has 2 aromatic carbocycles. The predicted octanol–water partition coefficient (Wildman–Crippen LogP) is 4.71. The number of fused-ring (bicyclic) bond motifs is 2. The summed E-state index contributed by atoms with van der Waals surface area (Å²) < 4.78 is 11.5. The highest BCUT2D eigenvalue weighted by atomic mass is 32.1. The van der Waals surface area contributed by atoms with Gasteiger partial charge in [-0.1, -0.05) is 36.4 Å². The maximum atomic E-state index is 13.1. The standard InChI is InChI=1S/C26H28N2O4S/c29-23(16-32-21-12-5-8-17-7-1-2-10-19(17)21)28-26-24(20-11-3-4-13-22(20)33-26)25(30)27-15-18-9-6-14-31-18/h1-2,5,7-8,10,12,18H,3-4,6,9,11,13-16H2,(H,27,30)(H,28,29)/t18-/m1/s1. The highest BCUT2D eigenvalue weighted by molar-refractivity contribution is 7.17. The molecule has 1 saturated heterocycles. The first kappa shape index (κ1) is 21.9. The minimum absolute atomic E-state index is 0.0792. The Hall–Kier alpha value is -2.90. The van der Waals surface area contributed by atoms with E-state index in [-0.39, 0.29) is 24.5 Å². The third-order valence-corrected chi connectivity index (χ3v) is 7.48. The van der Waals surface area contributed by atoms with Gasteiger partial charge in [0.05, 0.1) is 11.7 Å². The lowest BCUT2D eigenvalue weighted by Crippen LogP contribution is -2.33. The zero-order chi connectivity index (χ0) is 22.6. The summed E-state index contributed by atoms with van der Waals surface area (Å²) in [6, 6.07) is 13.7. The fraction of sp³-hybridized carbons (Fsp3) is 0.385. The van der Waals surface area contributed by atoms with Crippen LogP contribution in [0, 0.1) is 0 Å². The molecule has 6 nitrogen and oxygen atoms in total. The Kier molecular flexibility index (Phi) is 6.60. The van der Waals surface area contributed by atoms with Crippen molar-refractivity contribution >= 4 is 38.9 Å². The normalized spacial score (nSPS) is 17.5. The molecule has 2 N–H and O–H groups in total. The van der Waals surface area contributed by atoms with Crippen LogP contribution in [0.4, 0.5) is 5.00 Å². The van der Waals surface area contributed by atoms with E-state index in [1.54, 1.807) is 0 Å². The number of amides is 2. The SMILES string of the molecule is O=C(COc1cccc2ccccc12)Nc1sc2c(c1C(=O)NC[C@H]1CCCO1)CCCC2. The molecule has 1 atom stereocenters. The van der Waals surface area contributed by atoms with Crippen LogP contribution in [0.15, 0.2) is 42.5 Å². The van der Waals surface area contributed by atoms with E-state index < -0.39 is 0 Å². The van der Waals surface area contributed by atoms with Gasteiger partial charge in [0, 0.05) is 23.4 Å². The molecule has 2 aliphatic rings. The Morgan fingerprint density at radius 2 is 1.91 bits per heavy atom. The summed E-state index contributed by atoms with van der Waals surface area (Å²) in [5, 5.41) is 8.64. The van der Waals surface area contributed by atoms with Crippen LogP contribution < -0.4 is 15.4 Å². The number of nitrogens with one attached hydrogen (secondary N) is 2. The minimum Gasteiger partial charge on any atom is -0.483 e. The molecular weight excluding hydrogens is 436 g/mol. The smallest absolute Gasteiger partial charge is 0.262 e. The van der Waals surface area contributed by atoms with E-state index in [0.717, 1.165) is 61.5 Å². The summed E-state index contributed by atoms with van der Waals surface area (Å²) in [5.41, 5.74) is 1.70. The van der Waals surface area contributed by atoms with Crippen molar-refractivity contribution in [3.8, 4) is 5.75 Å². The van der Waals surface area contributed by atoms with Crippen LogP contribution in [0.1, 0.15) is 46.5 Å². The zero-order valence-electron chi connectivity index (χ0n) is 18.5. The van der Waals surface area contributed by atoms with Gasteiger partial charge in [-0.05, 0) is 55.5 Å². The van der Waals surface area contributed by atoms with Gasteiger partial charge in [-0.2, -0.15) is 0 Å². The predicted molar refractivity (Wildman–Crippen MR) is 130 cm³/mol. The average Bonchev–Trinajstić information content (AvgIpc) is 3.48. The quantitative estimate of drug-likeness (QED) is 0.531. The number of anilines is 1. The Morgan fingerprint density at radius 3 is 2.79 bits per heavy atom. The molecule has 0 saturated carbocycles. The van der Waals surface area contributed by atoms with Gasteiger partial charge >= 0.3 is 0 Å². The van der Waals surface area contributed by atoms with E-state index in [1.165, 1.54) is 16.2 Å². The second kappa shape index (κ2) is 9.93. The number of hydrogen-bond donors (Lipinski definition) is 2. The zero-order valence-corrected chi connectivity index (χ0v) is 19.3. The van der Waals surface area contributed by atoms with Crippen molar-refractivity contribution < 1.29 is 19.1 Å². The molecule has 0 bridgehead atoms. The molecule has 1 aliphatic heterocycles. The lowest BCUT2D eigenvalue weighted by molar-refractivity contribution is -0.118. The van der Waals surface area contributed by atoms with Gasteiger partial charge in [-0.15, -0.1) is 11.3 Å². The number of thiophene rings is 1. The molecule has 2 amide bonds. The molecule has 5 rings (SSSR count). The Morgan fingerprint density at radius 1 is 1.06 bits per heavy atom. The Labute approximate surface area is 197 Å². The maximum absolute atomic E-state index is 13.1. The van der Waals surface area contributed by atoms with Crippen LogP contribution >= 0.6 is 11.3 Å². The first-order valence-corrected chi connectivity index (χ1v) is 12.5. The van der Waals surface area contributed by atoms with Crippen molar-refractivity contribution in [3.63, 3.8) is 0 Å². The lowest BCUT2D eigenvalue weighted by Gasteiger charge is -2.15. The number of rotatable bonds is 7.